The number of hydrogen-bond acceptors (Lipinski definition) is 5. The van der Waals surface area contributed by atoms with Gasteiger partial charge in [0, 0.05) is 58.9 Å². The highest BCUT2D eigenvalue weighted by atomic mass is 32.2. The van der Waals surface area contributed by atoms with Gasteiger partial charge in [-0.05, 0) is 90.4 Å². The standard InChI is InChI=1S/C43H49N5O3S/c1-42(2)38(47(29-15-6-5-14-28-45-46-44)36-26-24-32-18-10-12-20-34(32)40(36)42)22-8-7-9-23-39-43(3,4)41-35-21-13-11-19-33(35)25-27-37(41)48(39)30-16-17-31-51-52(49)50/h7-13,18-27H,5-6,14-17,28-31H2,1-4H3. The summed E-state index contributed by atoms with van der Waals surface area (Å²) < 4.78 is 29.1. The molecule has 4 aromatic carbocycles. The molecule has 1 atom stereocenters. The topological polar surface area (TPSA) is 104 Å². The van der Waals surface area contributed by atoms with E-state index >= 15 is 0 Å². The van der Waals surface area contributed by atoms with Crippen molar-refractivity contribution in [2.45, 2.75) is 77.0 Å². The summed E-state index contributed by atoms with van der Waals surface area (Å²) in [7, 11) is 0. The monoisotopic (exact) mass is 715 g/mol. The molecule has 2 heterocycles. The zero-order valence-electron chi connectivity index (χ0n) is 30.8. The minimum absolute atomic E-state index is 0.185. The molecule has 0 N–H and O–H groups in total. The third-order valence-corrected chi connectivity index (χ3v) is 11.0. The van der Waals surface area contributed by atoms with Crippen LogP contribution in [0.5, 0.6) is 0 Å². The molecule has 2 aliphatic heterocycles. The molecule has 0 saturated heterocycles. The van der Waals surface area contributed by atoms with Crippen LogP contribution in [0.15, 0.2) is 114 Å². The van der Waals surface area contributed by atoms with E-state index in [0.29, 0.717) is 13.0 Å². The summed E-state index contributed by atoms with van der Waals surface area (Å²) in [5, 5.41) is 8.74. The third-order valence-electron chi connectivity index (χ3n) is 10.6. The molecule has 270 valence electrons. The second-order valence-electron chi connectivity index (χ2n) is 14.7. The van der Waals surface area contributed by atoms with Crippen LogP contribution in [0.4, 0.5) is 11.4 Å². The first-order valence-electron chi connectivity index (χ1n) is 18.4. The summed E-state index contributed by atoms with van der Waals surface area (Å²) in [6.45, 7) is 11.7. The van der Waals surface area contributed by atoms with Gasteiger partial charge in [0.15, 0.2) is 5.71 Å². The maximum absolute atomic E-state index is 10.9. The molecule has 0 aromatic heterocycles. The molecular weight excluding hydrogens is 667 g/mol. The predicted octanol–water partition coefficient (Wildman–Crippen LogP) is 10.6. The fraction of sp³-hybridized carbons (Fsp3) is 0.372. The van der Waals surface area contributed by atoms with Crippen LogP contribution in [-0.2, 0) is 26.4 Å². The Bertz CT molecular complexity index is 2140. The van der Waals surface area contributed by atoms with Gasteiger partial charge in [-0.15, -0.1) is 0 Å². The van der Waals surface area contributed by atoms with Crippen molar-refractivity contribution in [3.05, 3.63) is 130 Å². The molecule has 0 aliphatic carbocycles. The van der Waals surface area contributed by atoms with Crippen LogP contribution >= 0.6 is 0 Å². The van der Waals surface area contributed by atoms with Gasteiger partial charge >= 0.3 is 0 Å². The number of fused-ring (bicyclic) bond motifs is 6. The first-order chi connectivity index (χ1) is 25.2. The van der Waals surface area contributed by atoms with Gasteiger partial charge in [-0.3, -0.25) is 0 Å². The molecule has 52 heavy (non-hydrogen) atoms. The van der Waals surface area contributed by atoms with E-state index in [1.807, 2.05) is 0 Å². The highest BCUT2D eigenvalue weighted by Gasteiger charge is 2.45. The SMILES string of the molecule is CC1(C)C(/C=C/C=C/C=C2\N(CCCCOS(=O)[O-])c3ccc4ccccc4c3C2(C)C)=[N+](CCCCCCN=[N+]=[N-])c2ccc3ccccc3c21. The molecule has 0 spiro atoms. The number of nitrogens with zero attached hydrogens (tertiary/aromatic N) is 5. The van der Waals surface area contributed by atoms with E-state index in [9.17, 15) is 8.76 Å². The molecule has 0 bridgehead atoms. The Morgan fingerprint density at radius 1 is 0.827 bits per heavy atom. The Balaban J connectivity index is 1.28. The van der Waals surface area contributed by atoms with Gasteiger partial charge in [-0.1, -0.05) is 98.2 Å². The fourth-order valence-corrected chi connectivity index (χ4v) is 8.51. The zero-order chi connectivity index (χ0) is 36.7. The minimum atomic E-state index is -2.49. The third kappa shape index (κ3) is 7.64. The Morgan fingerprint density at radius 3 is 2.25 bits per heavy atom. The van der Waals surface area contributed by atoms with E-state index in [0.717, 1.165) is 45.2 Å². The molecule has 8 nitrogen and oxygen atoms in total. The molecule has 4 aromatic rings. The van der Waals surface area contributed by atoms with E-state index in [1.165, 1.54) is 55.5 Å². The van der Waals surface area contributed by atoms with Crippen molar-refractivity contribution < 1.29 is 17.5 Å². The average molecular weight is 716 g/mol. The van der Waals surface area contributed by atoms with Gasteiger partial charge in [0.2, 0.25) is 5.69 Å². The van der Waals surface area contributed by atoms with Crippen LogP contribution < -0.4 is 4.90 Å². The maximum Gasteiger partial charge on any atom is 0.210 e. The van der Waals surface area contributed by atoms with Crippen LogP contribution in [0.3, 0.4) is 0 Å². The molecule has 6 rings (SSSR count). The highest BCUT2D eigenvalue weighted by molar-refractivity contribution is 7.74. The van der Waals surface area contributed by atoms with E-state index in [2.05, 4.69) is 150 Å². The summed E-state index contributed by atoms with van der Waals surface area (Å²) in [4.78, 5) is 5.28. The number of unbranched alkanes of at least 4 members (excludes halogenated alkanes) is 4. The number of anilines is 1. The zero-order valence-corrected chi connectivity index (χ0v) is 31.6. The number of hydrogen-bond donors (Lipinski definition) is 0. The Hall–Kier alpha value is -4.53. The van der Waals surface area contributed by atoms with Gasteiger partial charge in [0.1, 0.15) is 6.54 Å². The number of allylic oxidation sites excluding steroid dienone is 6. The van der Waals surface area contributed by atoms with E-state index < -0.39 is 11.4 Å². The van der Waals surface area contributed by atoms with Crippen molar-refractivity contribution in [3.8, 4) is 0 Å². The van der Waals surface area contributed by atoms with Gasteiger partial charge in [0.25, 0.3) is 0 Å². The lowest BCUT2D eigenvalue weighted by Gasteiger charge is -2.27. The van der Waals surface area contributed by atoms with E-state index in [-0.39, 0.29) is 17.4 Å². The molecule has 0 fully saturated rings. The largest absolute Gasteiger partial charge is 0.750 e. The molecule has 1 unspecified atom stereocenters. The van der Waals surface area contributed by atoms with E-state index in [4.69, 9.17) is 9.71 Å². The molecule has 2 aliphatic rings. The Kier molecular flexibility index (Phi) is 11.8. The Morgan fingerprint density at radius 2 is 1.52 bits per heavy atom. The molecule has 0 amide bonds. The summed E-state index contributed by atoms with van der Waals surface area (Å²) in [6.07, 6.45) is 16.5. The summed E-state index contributed by atoms with van der Waals surface area (Å²) in [6, 6.07) is 26.2. The van der Waals surface area contributed by atoms with Crippen LogP contribution in [0, 0.1) is 0 Å². The quantitative estimate of drug-likeness (QED) is 0.0219. The van der Waals surface area contributed by atoms with Gasteiger partial charge in [-0.2, -0.15) is 4.58 Å². The van der Waals surface area contributed by atoms with E-state index in [1.54, 1.807) is 0 Å². The lowest BCUT2D eigenvalue weighted by atomic mass is 9.79. The number of benzene rings is 4. The number of azide groups is 1. The second-order valence-corrected chi connectivity index (χ2v) is 15.3. The predicted molar refractivity (Wildman–Crippen MR) is 214 cm³/mol. The number of rotatable bonds is 16. The molecule has 0 saturated carbocycles. The van der Waals surface area contributed by atoms with Crippen molar-refractivity contribution in [2.24, 2.45) is 5.11 Å². The fourth-order valence-electron chi connectivity index (χ4n) is 8.26. The maximum atomic E-state index is 10.9. The van der Waals surface area contributed by atoms with Crippen molar-refractivity contribution in [3.63, 3.8) is 0 Å². The van der Waals surface area contributed by atoms with Crippen molar-refractivity contribution in [1.29, 1.82) is 0 Å². The van der Waals surface area contributed by atoms with Crippen LogP contribution in [0.2, 0.25) is 0 Å². The first kappa shape index (κ1) is 37.2. The van der Waals surface area contributed by atoms with Crippen LogP contribution in [0.1, 0.15) is 77.3 Å². The summed E-state index contributed by atoms with van der Waals surface area (Å²) >= 11 is -2.49. The van der Waals surface area contributed by atoms with Gasteiger partial charge < -0.3 is 13.6 Å². The Labute approximate surface area is 310 Å². The minimum Gasteiger partial charge on any atom is -0.750 e. The first-order valence-corrected chi connectivity index (χ1v) is 19.4. The lowest BCUT2D eigenvalue weighted by molar-refractivity contribution is -0.438. The van der Waals surface area contributed by atoms with Crippen molar-refractivity contribution in [2.75, 3.05) is 31.1 Å². The molecular formula is C43H49N5O3S. The summed E-state index contributed by atoms with van der Waals surface area (Å²) in [5.74, 6) is 0. The van der Waals surface area contributed by atoms with Gasteiger partial charge in [0.05, 0.1) is 23.4 Å². The highest BCUT2D eigenvalue weighted by Crippen LogP contribution is 2.51. The van der Waals surface area contributed by atoms with Crippen molar-refractivity contribution in [1.82, 2.24) is 0 Å². The average Bonchev–Trinajstić information content (AvgIpc) is 3.49. The lowest BCUT2D eigenvalue weighted by Crippen LogP contribution is -2.28. The molecule has 9 heteroatoms. The van der Waals surface area contributed by atoms with Crippen LogP contribution in [0.25, 0.3) is 32.0 Å². The van der Waals surface area contributed by atoms with Crippen LogP contribution in [-0.4, -0.2) is 45.3 Å². The second kappa shape index (κ2) is 16.4. The van der Waals surface area contributed by atoms with Crippen molar-refractivity contribution >= 4 is 50.0 Å². The molecule has 0 radical (unpaired) electrons. The summed E-state index contributed by atoms with van der Waals surface area (Å²) in [5.41, 5.74) is 15.9. The normalized spacial score (nSPS) is 17.5. The smallest absolute Gasteiger partial charge is 0.210 e. The van der Waals surface area contributed by atoms with Gasteiger partial charge in [-0.25, -0.2) is 4.21 Å².